The summed E-state index contributed by atoms with van der Waals surface area (Å²) < 4.78 is 97.2. The van der Waals surface area contributed by atoms with Crippen molar-refractivity contribution < 1.29 is 83.6 Å². The van der Waals surface area contributed by atoms with Gasteiger partial charge in [0.25, 0.3) is 0 Å². The molecule has 0 radical (unpaired) electrons. The normalized spacial score (nSPS) is 16.3. The lowest BCUT2D eigenvalue weighted by atomic mass is 10.1. The molecule has 9 N–H and O–H groups in total. The van der Waals surface area contributed by atoms with Crippen LogP contribution in [0.5, 0.6) is 17.2 Å². The van der Waals surface area contributed by atoms with Crippen LogP contribution in [0.2, 0.25) is 25.1 Å². The van der Waals surface area contributed by atoms with Crippen LogP contribution in [0.4, 0.5) is 62.9 Å². The molecule has 0 aromatic heterocycles. The summed E-state index contributed by atoms with van der Waals surface area (Å²) in [6.07, 6.45) is 0.289. The van der Waals surface area contributed by atoms with Crippen LogP contribution in [0.3, 0.4) is 0 Å². The summed E-state index contributed by atoms with van der Waals surface area (Å²) >= 11 is 30.9. The minimum Gasteiger partial charge on any atom is -0.504 e. The highest BCUT2D eigenvalue weighted by atomic mass is 35.5. The summed E-state index contributed by atoms with van der Waals surface area (Å²) in [4.78, 5) is 77.6. The van der Waals surface area contributed by atoms with Crippen molar-refractivity contribution in [1.29, 1.82) is 0 Å². The molecule has 3 heterocycles. The number of halogens is 5. The smallest absolute Gasteiger partial charge is 0.410 e. The second kappa shape index (κ2) is 36.4. The predicted octanol–water partition coefficient (Wildman–Crippen LogP) is 17.5. The third-order valence-corrected chi connectivity index (χ3v) is 25.5. The molecule has 6 aromatic carbocycles. The number of para-hydroxylation sites is 1. The van der Waals surface area contributed by atoms with Crippen molar-refractivity contribution in [3.8, 4) is 17.2 Å². The number of aryl methyl sites for hydroxylation is 2. The van der Waals surface area contributed by atoms with Crippen molar-refractivity contribution in [2.75, 3.05) is 71.2 Å². The molecule has 0 saturated carbocycles. The number of anilines is 6. The van der Waals surface area contributed by atoms with Crippen LogP contribution in [-0.2, 0) is 43.7 Å². The molecule has 3 aliphatic rings. The van der Waals surface area contributed by atoms with Crippen LogP contribution in [0.25, 0.3) is 0 Å². The first-order chi connectivity index (χ1) is 49.7. The minimum absolute atomic E-state index is 0. The number of nitrogens with one attached hydrogen (secondary N) is 6. The zero-order valence-corrected chi connectivity index (χ0v) is 67.1. The number of amides is 9. The first-order valence-corrected chi connectivity index (χ1v) is 40.2. The Balaban J connectivity index is 0.000000252. The Bertz CT molecular complexity index is 4510. The second-order valence-electron chi connectivity index (χ2n) is 28.4. The van der Waals surface area contributed by atoms with E-state index in [1.807, 2.05) is 19.9 Å². The molecular weight excluding hydrogens is 1560 g/mol. The Labute approximate surface area is 655 Å². The Kier molecular flexibility index (Phi) is 29.9. The first-order valence-electron chi connectivity index (χ1n) is 33.7. The van der Waals surface area contributed by atoms with Gasteiger partial charge in [-0.25, -0.2) is 54.0 Å². The zero-order valence-electron chi connectivity index (χ0n) is 60.9. The third kappa shape index (κ3) is 23.1. The molecule has 108 heavy (non-hydrogen) atoms. The molecule has 9 rings (SSSR count). The van der Waals surface area contributed by atoms with Gasteiger partial charge in [-0.2, -0.15) is 0 Å². The summed E-state index contributed by atoms with van der Waals surface area (Å²) in [5.41, 5.74) is 1.29. The number of phenols is 3. The average Bonchev–Trinajstić information content (AvgIpc) is 0.777. The van der Waals surface area contributed by atoms with Crippen molar-refractivity contribution in [3.05, 3.63) is 139 Å². The van der Waals surface area contributed by atoms with Crippen molar-refractivity contribution in [2.45, 2.75) is 176 Å². The predicted molar refractivity (Wildman–Crippen MR) is 422 cm³/mol. The van der Waals surface area contributed by atoms with E-state index in [2.05, 4.69) is 31.9 Å². The fourth-order valence-electron chi connectivity index (χ4n) is 11.3. The number of benzene rings is 6. The number of carbonyl (C=O) groups excluding carboxylic acids is 6. The van der Waals surface area contributed by atoms with Gasteiger partial charge in [0.15, 0.2) is 46.8 Å². The van der Waals surface area contributed by atoms with Crippen LogP contribution in [0, 0.1) is 20.8 Å². The number of carbonyl (C=O) groups is 6. The van der Waals surface area contributed by atoms with Crippen molar-refractivity contribution in [1.82, 2.24) is 14.7 Å². The van der Waals surface area contributed by atoms with Crippen LogP contribution in [0.15, 0.2) is 112 Å². The van der Waals surface area contributed by atoms with E-state index in [9.17, 15) is 69.3 Å². The number of urea groups is 3. The molecule has 590 valence electrons. The molecule has 35 heteroatoms. The lowest BCUT2D eigenvalue weighted by Crippen LogP contribution is -2.47. The van der Waals surface area contributed by atoms with Gasteiger partial charge >= 0.3 is 36.4 Å². The molecule has 0 spiro atoms. The number of hydrogen-bond donors (Lipinski definition) is 9. The molecule has 3 saturated heterocycles. The van der Waals surface area contributed by atoms with Crippen LogP contribution in [0.1, 0.15) is 125 Å². The fourth-order valence-corrected chi connectivity index (χ4v) is 18.8. The number of hydrogen-bond acceptors (Lipinski definition) is 18. The Morgan fingerprint density at radius 2 is 0.676 bits per heavy atom. The fraction of sp³-hybridized carbons (Fsp3) is 0.425. The molecule has 3 aliphatic heterocycles. The number of aromatic hydroxyl groups is 3. The number of piperidine rings is 3. The summed E-state index contributed by atoms with van der Waals surface area (Å²) in [5.74, 6) is -2.04. The first kappa shape index (κ1) is 88.5. The van der Waals surface area contributed by atoms with E-state index >= 15 is 0 Å². The number of rotatable bonds is 12. The quantitative estimate of drug-likeness (QED) is 0.0406. The van der Waals surface area contributed by atoms with Crippen LogP contribution in [-0.4, -0.2) is 163 Å². The van der Waals surface area contributed by atoms with E-state index in [0.717, 1.165) is 16.7 Å². The standard InChI is InChI=1S/C25H32ClN3O6S.C24H29Cl2N3O6S.C23H27Cl2N3O6S.CH4/c1-15-8-6-10-19(16(15)2)27-23(31)28-20-12-11-18(26)22(21(20)30)36(33,34)17-9-7-13-29(14-17)24(32)35-25(3,4)5;1-14-7-5-9-17(19(14)26)27-22(31)28-18-11-10-16(25)21(20(18)30)36(33,34)15-8-6-12-29(13-15)23(32)35-24(2,3)4;1-23(2,3)34-22(31)28-12-6-7-14(13-28)35(32,33)20-16(25)10-11-18(19(20)29)27-21(30)26-17-9-5-4-8-15(17)24;/h6,8,10-12,17,30H,7,9,13-14H2,1-5H3,(H2,27,28,31);5,7,9-11,15,30H,6,8,12-13H2,1-4H3,(H2,27,28,31);4-5,8-11,14,29H,6-7,12-13H2,1-3H3,(H2,26,27,30);1H4/t17-;15-;14-;/m000./s1. The summed E-state index contributed by atoms with van der Waals surface area (Å²) in [6, 6.07) is 22.7. The summed E-state index contributed by atoms with van der Waals surface area (Å²) in [7, 11) is -12.5. The van der Waals surface area contributed by atoms with E-state index in [0.29, 0.717) is 66.0 Å². The SMILES string of the molecule is C.CC(C)(C)OC(=O)N1CCC[C@H](S(=O)(=O)c2c(Cl)ccc(NC(=O)Nc3ccccc3Cl)c2O)C1.Cc1cccc(NC(=O)Nc2ccc(Cl)c(S(=O)(=O)[C@H]3CCCN(C(=O)OC(C)(C)C)C3)c2O)c1C.Cc1cccc(NC(=O)Nc2ccc(Cl)c(S(=O)(=O)[C@H]3CCCN(C(=O)OC(C)(C)C)C3)c2O)c1Cl. The lowest BCUT2D eigenvalue weighted by molar-refractivity contribution is 0.0208. The number of nitrogens with zero attached hydrogens (tertiary/aromatic N) is 3. The molecule has 3 fully saturated rings. The molecular formula is C73H92Cl5N9O18S3. The van der Waals surface area contributed by atoms with Crippen molar-refractivity contribution in [3.63, 3.8) is 0 Å². The number of likely N-dealkylation sites (tertiary alicyclic amines) is 3. The average molecular weight is 1660 g/mol. The highest BCUT2D eigenvalue weighted by Crippen LogP contribution is 2.44. The van der Waals surface area contributed by atoms with Gasteiger partial charge in [0.05, 0.1) is 69.3 Å². The maximum Gasteiger partial charge on any atom is 0.410 e. The number of ether oxygens (including phenoxy) is 3. The second-order valence-corrected chi connectivity index (χ2v) is 36.9. The van der Waals surface area contributed by atoms with Gasteiger partial charge in [0.2, 0.25) is 0 Å². The van der Waals surface area contributed by atoms with Gasteiger partial charge in [0, 0.05) is 45.0 Å². The van der Waals surface area contributed by atoms with Crippen LogP contribution >= 0.6 is 58.0 Å². The molecule has 3 atom stereocenters. The molecule has 0 bridgehead atoms. The van der Waals surface area contributed by atoms with E-state index in [1.54, 1.807) is 124 Å². The summed E-state index contributed by atoms with van der Waals surface area (Å²) in [6.45, 7) is 21.8. The summed E-state index contributed by atoms with van der Waals surface area (Å²) in [5, 5.41) is 44.7. The highest BCUT2D eigenvalue weighted by molar-refractivity contribution is 7.93. The molecule has 9 amide bonds. The lowest BCUT2D eigenvalue weighted by Gasteiger charge is -2.34. The van der Waals surface area contributed by atoms with Gasteiger partial charge in [-0.15, -0.1) is 0 Å². The van der Waals surface area contributed by atoms with Gasteiger partial charge in [0.1, 0.15) is 31.5 Å². The monoisotopic (exact) mass is 1650 g/mol. The third-order valence-electron chi connectivity index (χ3n) is 16.7. The van der Waals surface area contributed by atoms with Crippen molar-refractivity contribution in [2.24, 2.45) is 0 Å². The molecule has 0 unspecified atom stereocenters. The maximum atomic E-state index is 13.5. The maximum absolute atomic E-state index is 13.5. The zero-order chi connectivity index (χ0) is 79.6. The van der Waals surface area contributed by atoms with Gasteiger partial charge in [-0.3, -0.25) is 0 Å². The Morgan fingerprint density at radius 1 is 0.389 bits per heavy atom. The number of sulfone groups is 3. The van der Waals surface area contributed by atoms with Crippen LogP contribution < -0.4 is 31.9 Å². The van der Waals surface area contributed by atoms with Crippen molar-refractivity contribution >= 4 is 158 Å². The van der Waals surface area contributed by atoms with E-state index in [1.165, 1.54) is 51.1 Å². The molecule has 0 aliphatic carbocycles. The van der Waals surface area contributed by atoms with Gasteiger partial charge in [-0.1, -0.05) is 102 Å². The Hall–Kier alpha value is -8.36. The number of phenolic OH excluding ortho intramolecular Hbond substituents is 3. The van der Waals surface area contributed by atoms with Gasteiger partial charge in [-0.05, 0) is 199 Å². The van der Waals surface area contributed by atoms with E-state index in [4.69, 9.17) is 72.2 Å². The van der Waals surface area contributed by atoms with E-state index < -0.39 is 130 Å². The largest absolute Gasteiger partial charge is 0.504 e. The molecule has 6 aromatic rings. The minimum atomic E-state index is -4.19. The highest BCUT2D eigenvalue weighted by Gasteiger charge is 2.42. The van der Waals surface area contributed by atoms with E-state index in [-0.39, 0.29) is 78.5 Å². The topological polar surface area (TPSA) is 375 Å². The molecule has 27 nitrogen and oxygen atoms in total. The Morgan fingerprint density at radius 3 is 1.01 bits per heavy atom. The van der Waals surface area contributed by atoms with Gasteiger partial charge < -0.3 is 76.1 Å².